The van der Waals surface area contributed by atoms with Gasteiger partial charge in [0.1, 0.15) is 6.04 Å². The van der Waals surface area contributed by atoms with Crippen LogP contribution in [0, 0.1) is 15.9 Å². The van der Waals surface area contributed by atoms with Crippen LogP contribution in [0.3, 0.4) is 0 Å². The third-order valence-corrected chi connectivity index (χ3v) is 4.26. The highest BCUT2D eigenvalue weighted by Gasteiger charge is 2.33. The molecule has 0 spiro atoms. The summed E-state index contributed by atoms with van der Waals surface area (Å²) in [5, 5.41) is 11.8. The lowest BCUT2D eigenvalue weighted by atomic mass is 9.86. The Morgan fingerprint density at radius 2 is 1.89 bits per heavy atom. The lowest BCUT2D eigenvalue weighted by Crippen LogP contribution is -2.49. The number of amides is 1. The Hall–Kier alpha value is -1.11. The predicted octanol–water partition coefficient (Wildman–Crippen LogP) is 2.83. The number of carbonyl (C=O) groups is 2. The van der Waals surface area contributed by atoms with Crippen molar-refractivity contribution in [2.75, 3.05) is 0 Å². The number of hydrogen-bond acceptors (Lipinski definition) is 2. The normalized spacial score (nSPS) is 12.9. The molecule has 104 valence electrons. The van der Waals surface area contributed by atoms with Crippen LogP contribution in [0.25, 0.3) is 0 Å². The SMILES string of the molecule is Cc1cccc(C(=O)NC(C(=O)O)C(C)(C)C)c1I. The maximum atomic E-state index is 12.2. The number of halogens is 1. The lowest BCUT2D eigenvalue weighted by molar-refractivity contribution is -0.142. The molecule has 1 unspecified atom stereocenters. The molecular formula is C14H18INO3. The van der Waals surface area contributed by atoms with Gasteiger partial charge in [-0.2, -0.15) is 0 Å². The number of benzene rings is 1. The van der Waals surface area contributed by atoms with Gasteiger partial charge in [-0.1, -0.05) is 32.9 Å². The van der Waals surface area contributed by atoms with E-state index in [0.29, 0.717) is 5.56 Å². The van der Waals surface area contributed by atoms with Crippen molar-refractivity contribution in [1.82, 2.24) is 5.32 Å². The van der Waals surface area contributed by atoms with Gasteiger partial charge in [-0.3, -0.25) is 4.79 Å². The first-order chi connectivity index (χ1) is 8.64. The fourth-order valence-electron chi connectivity index (χ4n) is 1.68. The van der Waals surface area contributed by atoms with Crippen LogP contribution in [0.2, 0.25) is 0 Å². The molecule has 0 saturated carbocycles. The van der Waals surface area contributed by atoms with Gasteiger partial charge in [0.25, 0.3) is 5.91 Å². The van der Waals surface area contributed by atoms with Crippen molar-refractivity contribution in [3.05, 3.63) is 32.9 Å². The van der Waals surface area contributed by atoms with Crippen molar-refractivity contribution < 1.29 is 14.7 Å². The second-order valence-electron chi connectivity index (χ2n) is 5.55. The summed E-state index contributed by atoms with van der Waals surface area (Å²) >= 11 is 2.10. The van der Waals surface area contributed by atoms with Gasteiger partial charge in [0, 0.05) is 3.57 Å². The molecule has 0 aromatic heterocycles. The van der Waals surface area contributed by atoms with Crippen LogP contribution in [-0.4, -0.2) is 23.0 Å². The van der Waals surface area contributed by atoms with Gasteiger partial charge in [-0.15, -0.1) is 0 Å². The molecule has 0 radical (unpaired) electrons. The Kier molecular flexibility index (Phi) is 4.95. The van der Waals surface area contributed by atoms with Gasteiger partial charge in [-0.05, 0) is 46.6 Å². The molecule has 1 amide bonds. The van der Waals surface area contributed by atoms with E-state index in [1.807, 2.05) is 13.0 Å². The zero-order valence-corrected chi connectivity index (χ0v) is 13.6. The Labute approximate surface area is 126 Å². The summed E-state index contributed by atoms with van der Waals surface area (Å²) in [5.41, 5.74) is 0.962. The molecule has 2 N–H and O–H groups in total. The predicted molar refractivity (Wildman–Crippen MR) is 82.2 cm³/mol. The summed E-state index contributed by atoms with van der Waals surface area (Å²) in [6, 6.07) is 4.48. The molecule has 0 aliphatic rings. The molecule has 4 nitrogen and oxygen atoms in total. The lowest BCUT2D eigenvalue weighted by Gasteiger charge is -2.28. The van der Waals surface area contributed by atoms with E-state index >= 15 is 0 Å². The molecule has 19 heavy (non-hydrogen) atoms. The number of rotatable bonds is 3. The molecule has 0 saturated heterocycles. The maximum absolute atomic E-state index is 12.2. The second kappa shape index (κ2) is 5.90. The van der Waals surface area contributed by atoms with Crippen LogP contribution >= 0.6 is 22.6 Å². The molecule has 0 heterocycles. The molecule has 0 aliphatic carbocycles. The van der Waals surface area contributed by atoms with E-state index in [-0.39, 0.29) is 5.91 Å². The minimum absolute atomic E-state index is 0.351. The minimum Gasteiger partial charge on any atom is -0.480 e. The Morgan fingerprint density at radius 3 is 2.37 bits per heavy atom. The number of nitrogens with one attached hydrogen (secondary N) is 1. The number of carboxylic acids is 1. The molecule has 1 aromatic rings. The van der Waals surface area contributed by atoms with Crippen LogP contribution in [0.4, 0.5) is 0 Å². The first-order valence-corrected chi connectivity index (χ1v) is 7.01. The van der Waals surface area contributed by atoms with Gasteiger partial charge >= 0.3 is 5.97 Å². The van der Waals surface area contributed by atoms with Crippen LogP contribution in [0.5, 0.6) is 0 Å². The van der Waals surface area contributed by atoms with E-state index in [0.717, 1.165) is 9.13 Å². The third kappa shape index (κ3) is 3.92. The van der Waals surface area contributed by atoms with Gasteiger partial charge in [0.2, 0.25) is 0 Å². The maximum Gasteiger partial charge on any atom is 0.326 e. The number of aliphatic carboxylic acids is 1. The Bertz CT molecular complexity index is 506. The minimum atomic E-state index is -1.02. The summed E-state index contributed by atoms with van der Waals surface area (Å²) in [6.45, 7) is 7.27. The van der Waals surface area contributed by atoms with E-state index in [1.54, 1.807) is 32.9 Å². The average molecular weight is 375 g/mol. The van der Waals surface area contributed by atoms with Crippen molar-refractivity contribution in [2.24, 2.45) is 5.41 Å². The molecule has 1 rings (SSSR count). The summed E-state index contributed by atoms with van der Waals surface area (Å²) in [4.78, 5) is 23.4. The van der Waals surface area contributed by atoms with Crippen molar-refractivity contribution >= 4 is 34.5 Å². The van der Waals surface area contributed by atoms with Gasteiger partial charge in [-0.25, -0.2) is 4.79 Å². The molecule has 1 atom stereocenters. The highest BCUT2D eigenvalue weighted by molar-refractivity contribution is 14.1. The largest absolute Gasteiger partial charge is 0.480 e. The van der Waals surface area contributed by atoms with Crippen LogP contribution in [0.1, 0.15) is 36.7 Å². The summed E-state index contributed by atoms with van der Waals surface area (Å²) in [7, 11) is 0. The number of aryl methyl sites for hydroxylation is 1. The molecule has 0 aliphatic heterocycles. The first kappa shape index (κ1) is 15.9. The molecular weight excluding hydrogens is 357 g/mol. The molecule has 0 bridgehead atoms. The van der Waals surface area contributed by atoms with Gasteiger partial charge in [0.15, 0.2) is 0 Å². The van der Waals surface area contributed by atoms with E-state index < -0.39 is 17.4 Å². The van der Waals surface area contributed by atoms with E-state index in [1.165, 1.54) is 0 Å². The smallest absolute Gasteiger partial charge is 0.326 e. The Morgan fingerprint density at radius 1 is 1.32 bits per heavy atom. The van der Waals surface area contributed by atoms with E-state index in [4.69, 9.17) is 0 Å². The van der Waals surface area contributed by atoms with Gasteiger partial charge in [0.05, 0.1) is 5.56 Å². The topological polar surface area (TPSA) is 66.4 Å². The summed E-state index contributed by atoms with van der Waals surface area (Å²) in [5.74, 6) is -1.38. The van der Waals surface area contributed by atoms with Crippen molar-refractivity contribution in [3.8, 4) is 0 Å². The van der Waals surface area contributed by atoms with E-state index in [2.05, 4.69) is 27.9 Å². The van der Waals surface area contributed by atoms with Crippen LogP contribution in [0.15, 0.2) is 18.2 Å². The fraction of sp³-hybridized carbons (Fsp3) is 0.429. The monoisotopic (exact) mass is 375 g/mol. The van der Waals surface area contributed by atoms with Crippen LogP contribution < -0.4 is 5.32 Å². The number of hydrogen-bond donors (Lipinski definition) is 2. The summed E-state index contributed by atoms with van der Waals surface area (Å²) < 4.78 is 0.843. The standard InChI is InChI=1S/C14H18INO3/c1-8-6-5-7-9(10(8)15)12(17)16-11(13(18)19)14(2,3)4/h5-7,11H,1-4H3,(H,16,17)(H,18,19). The highest BCUT2D eigenvalue weighted by Crippen LogP contribution is 2.21. The van der Waals surface area contributed by atoms with Crippen molar-refractivity contribution in [2.45, 2.75) is 33.7 Å². The fourth-order valence-corrected chi connectivity index (χ4v) is 2.28. The summed E-state index contributed by atoms with van der Waals surface area (Å²) in [6.07, 6.45) is 0. The highest BCUT2D eigenvalue weighted by atomic mass is 127. The van der Waals surface area contributed by atoms with Crippen LogP contribution in [-0.2, 0) is 4.79 Å². The number of carbonyl (C=O) groups excluding carboxylic acids is 1. The quantitative estimate of drug-likeness (QED) is 0.799. The van der Waals surface area contributed by atoms with Crippen molar-refractivity contribution in [3.63, 3.8) is 0 Å². The van der Waals surface area contributed by atoms with Crippen molar-refractivity contribution in [1.29, 1.82) is 0 Å². The first-order valence-electron chi connectivity index (χ1n) is 5.93. The zero-order chi connectivity index (χ0) is 14.8. The molecule has 0 fully saturated rings. The molecule has 1 aromatic carbocycles. The van der Waals surface area contributed by atoms with E-state index in [9.17, 15) is 14.7 Å². The average Bonchev–Trinajstić information content (AvgIpc) is 2.27. The Balaban J connectivity index is 3.02. The second-order valence-corrected chi connectivity index (χ2v) is 6.63. The zero-order valence-electron chi connectivity index (χ0n) is 11.5. The van der Waals surface area contributed by atoms with Gasteiger partial charge < -0.3 is 10.4 Å². The molecule has 5 heteroatoms. The third-order valence-electron chi connectivity index (χ3n) is 2.82. The number of carboxylic acid groups (broad SMARTS) is 1.